The number of ether oxygens (including phenoxy) is 2. The van der Waals surface area contributed by atoms with E-state index in [-0.39, 0.29) is 31.1 Å². The third-order valence-electron chi connectivity index (χ3n) is 7.35. The SMILES string of the molecule is CCCCCCCCCCCCCC(=O)O[C@@H](CO)COC(=O)CCCCCCCCCCCCCNC(C)=O. The van der Waals surface area contributed by atoms with Gasteiger partial charge in [0.2, 0.25) is 5.91 Å². The molecular weight excluding hydrogens is 506 g/mol. The number of rotatable bonds is 30. The molecule has 0 saturated heterocycles. The van der Waals surface area contributed by atoms with Crippen molar-refractivity contribution in [3.63, 3.8) is 0 Å². The zero-order valence-electron chi connectivity index (χ0n) is 26.2. The van der Waals surface area contributed by atoms with Crippen molar-refractivity contribution in [2.75, 3.05) is 19.8 Å². The third-order valence-corrected chi connectivity index (χ3v) is 7.35. The number of aliphatic hydroxyl groups excluding tert-OH is 1. The summed E-state index contributed by atoms with van der Waals surface area (Å²) in [5.74, 6) is -0.568. The topological polar surface area (TPSA) is 102 Å². The van der Waals surface area contributed by atoms with Gasteiger partial charge in [-0.05, 0) is 19.3 Å². The summed E-state index contributed by atoms with van der Waals surface area (Å²) in [6, 6.07) is 0. The average Bonchev–Trinajstić information content (AvgIpc) is 2.93. The van der Waals surface area contributed by atoms with Gasteiger partial charge in [0, 0.05) is 26.3 Å². The first-order chi connectivity index (χ1) is 19.5. The highest BCUT2D eigenvalue weighted by atomic mass is 16.6. The molecule has 0 spiro atoms. The number of carbonyl (C=O) groups is 3. The lowest BCUT2D eigenvalue weighted by molar-refractivity contribution is -0.161. The summed E-state index contributed by atoms with van der Waals surface area (Å²) in [5.41, 5.74) is 0. The number of esters is 2. The number of amides is 1. The quantitative estimate of drug-likeness (QED) is 0.0672. The smallest absolute Gasteiger partial charge is 0.306 e. The molecule has 2 N–H and O–H groups in total. The Bertz CT molecular complexity index is 597. The molecule has 40 heavy (non-hydrogen) atoms. The van der Waals surface area contributed by atoms with Gasteiger partial charge >= 0.3 is 11.9 Å². The molecule has 0 aliphatic heterocycles. The maximum Gasteiger partial charge on any atom is 0.306 e. The highest BCUT2D eigenvalue weighted by molar-refractivity contribution is 5.72. The lowest BCUT2D eigenvalue weighted by atomic mass is 10.1. The molecule has 1 atom stereocenters. The zero-order valence-corrected chi connectivity index (χ0v) is 26.2. The van der Waals surface area contributed by atoms with Gasteiger partial charge in [-0.3, -0.25) is 14.4 Å². The first-order valence-corrected chi connectivity index (χ1v) is 16.7. The van der Waals surface area contributed by atoms with Crippen molar-refractivity contribution in [3.8, 4) is 0 Å². The molecule has 7 heteroatoms. The van der Waals surface area contributed by atoms with E-state index >= 15 is 0 Å². The molecule has 0 bridgehead atoms. The number of unbranched alkanes of at least 4 members (excludes halogenated alkanes) is 20. The Morgan fingerprint density at radius 3 is 1.43 bits per heavy atom. The van der Waals surface area contributed by atoms with Crippen molar-refractivity contribution in [1.82, 2.24) is 5.32 Å². The van der Waals surface area contributed by atoms with E-state index in [1.165, 1.54) is 96.3 Å². The van der Waals surface area contributed by atoms with Gasteiger partial charge in [0.1, 0.15) is 6.61 Å². The van der Waals surface area contributed by atoms with Crippen molar-refractivity contribution in [1.29, 1.82) is 0 Å². The van der Waals surface area contributed by atoms with E-state index in [0.717, 1.165) is 51.5 Å². The predicted molar refractivity (Wildman–Crippen MR) is 163 cm³/mol. The molecule has 0 radical (unpaired) electrons. The van der Waals surface area contributed by atoms with Crippen LogP contribution in [0.15, 0.2) is 0 Å². The second kappa shape index (κ2) is 30.3. The van der Waals surface area contributed by atoms with E-state index in [1.807, 2.05) is 0 Å². The van der Waals surface area contributed by atoms with Gasteiger partial charge < -0.3 is 19.9 Å². The van der Waals surface area contributed by atoms with Crippen LogP contribution in [0.3, 0.4) is 0 Å². The van der Waals surface area contributed by atoms with Crippen LogP contribution in [0.1, 0.15) is 168 Å². The van der Waals surface area contributed by atoms with Crippen LogP contribution in [0.4, 0.5) is 0 Å². The van der Waals surface area contributed by atoms with Crippen LogP contribution in [0.2, 0.25) is 0 Å². The van der Waals surface area contributed by atoms with Crippen LogP contribution in [0, 0.1) is 0 Å². The molecule has 0 fully saturated rings. The number of nitrogens with one attached hydrogen (secondary N) is 1. The Morgan fingerprint density at radius 2 is 1.00 bits per heavy atom. The Labute approximate surface area is 245 Å². The maximum absolute atomic E-state index is 12.1. The van der Waals surface area contributed by atoms with E-state index < -0.39 is 6.10 Å². The fourth-order valence-corrected chi connectivity index (χ4v) is 4.81. The van der Waals surface area contributed by atoms with Gasteiger partial charge in [-0.15, -0.1) is 0 Å². The van der Waals surface area contributed by atoms with Gasteiger partial charge in [0.05, 0.1) is 6.61 Å². The molecule has 0 heterocycles. The van der Waals surface area contributed by atoms with Gasteiger partial charge in [-0.2, -0.15) is 0 Å². The first kappa shape index (κ1) is 38.4. The van der Waals surface area contributed by atoms with Crippen molar-refractivity contribution >= 4 is 17.8 Å². The van der Waals surface area contributed by atoms with Crippen molar-refractivity contribution in [3.05, 3.63) is 0 Å². The van der Waals surface area contributed by atoms with Crippen LogP contribution in [0.25, 0.3) is 0 Å². The molecule has 236 valence electrons. The van der Waals surface area contributed by atoms with E-state index in [4.69, 9.17) is 9.47 Å². The molecule has 0 saturated carbocycles. The Kier molecular flexibility index (Phi) is 29.1. The molecule has 0 aliphatic rings. The standard InChI is InChI=1S/C33H63NO6/c1-3-4-5-6-7-8-10-14-17-20-23-26-33(38)40-31(28-35)29-39-32(37)25-22-19-16-13-11-9-12-15-18-21-24-27-34-30(2)36/h31,35H,3-29H2,1-2H3,(H,34,36)/t31-/m0/s1. The molecule has 1 amide bonds. The van der Waals surface area contributed by atoms with Crippen molar-refractivity contribution in [2.45, 2.75) is 174 Å². The third kappa shape index (κ3) is 29.4. The Morgan fingerprint density at radius 1 is 0.600 bits per heavy atom. The largest absolute Gasteiger partial charge is 0.462 e. The Balaban J connectivity index is 3.53. The molecule has 0 aromatic carbocycles. The summed E-state index contributed by atoms with van der Waals surface area (Å²) in [4.78, 5) is 34.9. The van der Waals surface area contributed by atoms with Crippen LogP contribution >= 0.6 is 0 Å². The van der Waals surface area contributed by atoms with Gasteiger partial charge in [-0.25, -0.2) is 0 Å². The lowest BCUT2D eigenvalue weighted by Crippen LogP contribution is -2.28. The maximum atomic E-state index is 12.1. The highest BCUT2D eigenvalue weighted by Gasteiger charge is 2.16. The minimum Gasteiger partial charge on any atom is -0.462 e. The summed E-state index contributed by atoms with van der Waals surface area (Å²) < 4.78 is 10.5. The number of hydrogen-bond acceptors (Lipinski definition) is 6. The van der Waals surface area contributed by atoms with Crippen LogP contribution in [-0.2, 0) is 23.9 Å². The van der Waals surface area contributed by atoms with Gasteiger partial charge in [-0.1, -0.05) is 129 Å². The molecule has 0 aromatic heterocycles. The summed E-state index contributed by atoms with van der Waals surface area (Å²) in [7, 11) is 0. The number of carbonyl (C=O) groups excluding carboxylic acids is 3. The second-order valence-corrected chi connectivity index (χ2v) is 11.4. The van der Waals surface area contributed by atoms with Crippen LogP contribution in [-0.4, -0.2) is 48.8 Å². The van der Waals surface area contributed by atoms with Crippen LogP contribution < -0.4 is 5.32 Å². The molecule has 0 unspecified atom stereocenters. The van der Waals surface area contributed by atoms with Gasteiger partial charge in [0.25, 0.3) is 0 Å². The Hall–Kier alpha value is -1.63. The summed E-state index contributed by atoms with van der Waals surface area (Å²) >= 11 is 0. The molecule has 0 aliphatic carbocycles. The molecule has 7 nitrogen and oxygen atoms in total. The fraction of sp³-hybridized carbons (Fsp3) is 0.909. The van der Waals surface area contributed by atoms with Gasteiger partial charge in [0.15, 0.2) is 6.10 Å². The second-order valence-electron chi connectivity index (χ2n) is 11.4. The molecular formula is C33H63NO6. The average molecular weight is 570 g/mol. The van der Waals surface area contributed by atoms with Crippen molar-refractivity contribution in [2.24, 2.45) is 0 Å². The summed E-state index contributed by atoms with van der Waals surface area (Å²) in [6.07, 6.45) is 26.0. The minimum atomic E-state index is -0.777. The lowest BCUT2D eigenvalue weighted by Gasteiger charge is -2.15. The van der Waals surface area contributed by atoms with E-state index in [9.17, 15) is 19.5 Å². The van der Waals surface area contributed by atoms with E-state index in [2.05, 4.69) is 12.2 Å². The summed E-state index contributed by atoms with van der Waals surface area (Å²) in [6.45, 7) is 4.17. The van der Waals surface area contributed by atoms with E-state index in [0.29, 0.717) is 12.8 Å². The number of hydrogen-bond donors (Lipinski definition) is 2. The predicted octanol–water partition coefficient (Wildman–Crippen LogP) is 7.95. The summed E-state index contributed by atoms with van der Waals surface area (Å²) in [5, 5.41) is 12.3. The molecule has 0 rings (SSSR count). The van der Waals surface area contributed by atoms with Crippen LogP contribution in [0.5, 0.6) is 0 Å². The highest BCUT2D eigenvalue weighted by Crippen LogP contribution is 2.14. The minimum absolute atomic E-state index is 0.0509. The van der Waals surface area contributed by atoms with E-state index in [1.54, 1.807) is 6.92 Å². The van der Waals surface area contributed by atoms with Crippen molar-refractivity contribution < 1.29 is 29.0 Å². The zero-order chi connectivity index (χ0) is 29.5. The number of aliphatic hydroxyl groups is 1. The first-order valence-electron chi connectivity index (χ1n) is 16.7. The molecule has 0 aromatic rings. The monoisotopic (exact) mass is 569 g/mol. The fourth-order valence-electron chi connectivity index (χ4n) is 4.81. The normalized spacial score (nSPS) is 11.8.